The number of hydrogen-bond donors (Lipinski definition) is 1. The second-order valence-corrected chi connectivity index (χ2v) is 3.89. The van der Waals surface area contributed by atoms with Crippen molar-refractivity contribution < 1.29 is 9.90 Å². The van der Waals surface area contributed by atoms with E-state index in [9.17, 15) is 4.79 Å². The zero-order valence-corrected chi connectivity index (χ0v) is 8.82. The monoisotopic (exact) mass is 196 g/mol. The normalized spacial score (nSPS) is 10.9. The molecule has 0 saturated heterocycles. The molecule has 1 rings (SSSR count). The highest BCUT2D eigenvalue weighted by molar-refractivity contribution is 5.69. The van der Waals surface area contributed by atoms with Crippen LogP contribution in [0.15, 0.2) is 6.20 Å². The Balaban J connectivity index is 2.79. The highest BCUT2D eigenvalue weighted by Gasteiger charge is 2.10. The van der Waals surface area contributed by atoms with Crippen LogP contribution in [0, 0.1) is 5.92 Å². The van der Waals surface area contributed by atoms with Gasteiger partial charge in [0.05, 0.1) is 6.42 Å². The van der Waals surface area contributed by atoms with Gasteiger partial charge in [-0.2, -0.15) is 0 Å². The van der Waals surface area contributed by atoms with Crippen LogP contribution in [-0.4, -0.2) is 20.6 Å². The minimum Gasteiger partial charge on any atom is -0.481 e. The van der Waals surface area contributed by atoms with E-state index in [0.717, 1.165) is 17.9 Å². The number of carbonyl (C=O) groups is 1. The summed E-state index contributed by atoms with van der Waals surface area (Å²) in [5.41, 5.74) is 0.758. The van der Waals surface area contributed by atoms with E-state index in [-0.39, 0.29) is 6.42 Å². The molecule has 0 fully saturated rings. The first kappa shape index (κ1) is 10.8. The van der Waals surface area contributed by atoms with E-state index in [0.29, 0.717) is 5.92 Å². The van der Waals surface area contributed by atoms with E-state index in [1.54, 1.807) is 6.20 Å². The molecule has 1 aromatic heterocycles. The maximum absolute atomic E-state index is 10.5. The highest BCUT2D eigenvalue weighted by atomic mass is 16.4. The van der Waals surface area contributed by atoms with Gasteiger partial charge >= 0.3 is 5.97 Å². The summed E-state index contributed by atoms with van der Waals surface area (Å²) >= 11 is 0. The van der Waals surface area contributed by atoms with Crippen LogP contribution < -0.4 is 0 Å². The molecule has 0 unspecified atom stereocenters. The predicted molar refractivity (Wildman–Crippen MR) is 53.1 cm³/mol. The summed E-state index contributed by atoms with van der Waals surface area (Å²) in [5, 5.41) is 8.64. The van der Waals surface area contributed by atoms with Gasteiger partial charge in [0.15, 0.2) is 0 Å². The molecular formula is C10H16N2O2. The van der Waals surface area contributed by atoms with E-state index in [1.165, 1.54) is 0 Å². The lowest BCUT2D eigenvalue weighted by atomic mass is 10.1. The topological polar surface area (TPSA) is 55.1 Å². The Bertz CT molecular complexity index is 329. The standard InChI is InChI=1S/C10H16N2O2/c1-7(2)4-9-11-6-8(12(9)3)5-10(13)14/h6-7H,4-5H2,1-3H3,(H,13,14). The molecule has 0 spiro atoms. The van der Waals surface area contributed by atoms with Crippen molar-refractivity contribution in [2.75, 3.05) is 0 Å². The largest absolute Gasteiger partial charge is 0.481 e. The SMILES string of the molecule is CC(C)Cc1ncc(CC(=O)O)n1C. The summed E-state index contributed by atoms with van der Waals surface area (Å²) < 4.78 is 1.87. The van der Waals surface area contributed by atoms with E-state index < -0.39 is 5.97 Å². The molecule has 1 aromatic rings. The fourth-order valence-electron chi connectivity index (χ4n) is 1.36. The number of hydrogen-bond acceptors (Lipinski definition) is 2. The summed E-state index contributed by atoms with van der Waals surface area (Å²) in [5.74, 6) is 0.675. The number of carboxylic acids is 1. The molecule has 0 atom stereocenters. The lowest BCUT2D eigenvalue weighted by molar-refractivity contribution is -0.136. The van der Waals surface area contributed by atoms with Crippen LogP contribution in [0.25, 0.3) is 0 Å². The van der Waals surface area contributed by atoms with E-state index in [4.69, 9.17) is 5.11 Å². The van der Waals surface area contributed by atoms with E-state index in [1.807, 2.05) is 11.6 Å². The van der Waals surface area contributed by atoms with Gasteiger partial charge in [0.2, 0.25) is 0 Å². The van der Waals surface area contributed by atoms with Crippen molar-refractivity contribution in [2.45, 2.75) is 26.7 Å². The molecule has 0 saturated carbocycles. The van der Waals surface area contributed by atoms with Gasteiger partial charge in [0.1, 0.15) is 5.82 Å². The first-order valence-electron chi connectivity index (χ1n) is 4.72. The molecule has 0 aliphatic rings. The van der Waals surface area contributed by atoms with Crippen molar-refractivity contribution in [1.82, 2.24) is 9.55 Å². The minimum absolute atomic E-state index is 0.0432. The summed E-state index contributed by atoms with van der Waals surface area (Å²) in [7, 11) is 1.86. The molecule has 1 N–H and O–H groups in total. The second-order valence-electron chi connectivity index (χ2n) is 3.89. The van der Waals surface area contributed by atoms with Gasteiger partial charge in [-0.15, -0.1) is 0 Å². The zero-order chi connectivity index (χ0) is 10.7. The number of rotatable bonds is 4. The van der Waals surface area contributed by atoms with Crippen LogP contribution in [-0.2, 0) is 24.7 Å². The highest BCUT2D eigenvalue weighted by Crippen LogP contribution is 2.09. The number of nitrogens with zero attached hydrogens (tertiary/aromatic N) is 2. The third-order valence-corrected chi connectivity index (χ3v) is 2.10. The lowest BCUT2D eigenvalue weighted by Gasteiger charge is -2.06. The van der Waals surface area contributed by atoms with Gasteiger partial charge in [0, 0.05) is 25.4 Å². The van der Waals surface area contributed by atoms with Crippen LogP contribution in [0.1, 0.15) is 25.4 Å². The van der Waals surface area contributed by atoms with Crippen molar-refractivity contribution in [2.24, 2.45) is 13.0 Å². The zero-order valence-electron chi connectivity index (χ0n) is 8.82. The average Bonchev–Trinajstić information content (AvgIpc) is 2.34. The first-order valence-corrected chi connectivity index (χ1v) is 4.72. The van der Waals surface area contributed by atoms with Crippen molar-refractivity contribution >= 4 is 5.97 Å². The molecule has 0 amide bonds. The smallest absolute Gasteiger partial charge is 0.309 e. The third-order valence-electron chi connectivity index (χ3n) is 2.10. The number of imidazole rings is 1. The Hall–Kier alpha value is -1.32. The first-order chi connectivity index (χ1) is 6.50. The molecule has 0 aliphatic carbocycles. The van der Waals surface area contributed by atoms with Crippen LogP contribution >= 0.6 is 0 Å². The van der Waals surface area contributed by atoms with Crippen molar-refractivity contribution in [3.8, 4) is 0 Å². The molecular weight excluding hydrogens is 180 g/mol. The molecule has 1 heterocycles. The molecule has 4 nitrogen and oxygen atoms in total. The summed E-state index contributed by atoms with van der Waals surface area (Å²) in [6, 6.07) is 0. The quantitative estimate of drug-likeness (QED) is 0.788. The van der Waals surface area contributed by atoms with Crippen molar-refractivity contribution in [3.05, 3.63) is 17.7 Å². The number of aromatic nitrogens is 2. The third kappa shape index (κ3) is 2.58. The van der Waals surface area contributed by atoms with E-state index in [2.05, 4.69) is 18.8 Å². The maximum atomic E-state index is 10.5. The molecule has 4 heteroatoms. The minimum atomic E-state index is -0.816. The molecule has 14 heavy (non-hydrogen) atoms. The fraction of sp³-hybridized carbons (Fsp3) is 0.600. The van der Waals surface area contributed by atoms with Gasteiger partial charge in [-0.3, -0.25) is 4.79 Å². The average molecular weight is 196 g/mol. The molecule has 0 aromatic carbocycles. The molecule has 0 radical (unpaired) electrons. The molecule has 0 aliphatic heterocycles. The summed E-state index contributed by atoms with van der Waals surface area (Å²) in [6.45, 7) is 4.23. The number of aliphatic carboxylic acids is 1. The van der Waals surface area contributed by atoms with E-state index >= 15 is 0 Å². The van der Waals surface area contributed by atoms with Crippen LogP contribution in [0.3, 0.4) is 0 Å². The Labute approximate surface area is 83.6 Å². The lowest BCUT2D eigenvalue weighted by Crippen LogP contribution is -2.08. The predicted octanol–water partition coefficient (Wildman–Crippen LogP) is 1.25. The van der Waals surface area contributed by atoms with Crippen LogP contribution in [0.5, 0.6) is 0 Å². The van der Waals surface area contributed by atoms with Crippen molar-refractivity contribution in [1.29, 1.82) is 0 Å². The summed E-state index contributed by atoms with van der Waals surface area (Å²) in [4.78, 5) is 14.7. The van der Waals surface area contributed by atoms with Gasteiger partial charge in [0.25, 0.3) is 0 Å². The van der Waals surface area contributed by atoms with Gasteiger partial charge in [-0.05, 0) is 5.92 Å². The summed E-state index contributed by atoms with van der Waals surface area (Å²) in [6.07, 6.45) is 2.57. The van der Waals surface area contributed by atoms with Crippen molar-refractivity contribution in [3.63, 3.8) is 0 Å². The molecule has 0 bridgehead atoms. The fourth-order valence-corrected chi connectivity index (χ4v) is 1.36. The second kappa shape index (κ2) is 4.26. The van der Waals surface area contributed by atoms with Gasteiger partial charge in [-0.1, -0.05) is 13.8 Å². The van der Waals surface area contributed by atoms with Crippen LogP contribution in [0.4, 0.5) is 0 Å². The Morgan fingerprint density at radius 1 is 1.64 bits per heavy atom. The molecule has 78 valence electrons. The number of carboxylic acid groups (broad SMARTS) is 1. The van der Waals surface area contributed by atoms with Gasteiger partial charge < -0.3 is 9.67 Å². The maximum Gasteiger partial charge on any atom is 0.309 e. The Kier molecular flexibility index (Phi) is 3.28. The Morgan fingerprint density at radius 3 is 2.79 bits per heavy atom. The van der Waals surface area contributed by atoms with Crippen LogP contribution in [0.2, 0.25) is 0 Å². The Morgan fingerprint density at radius 2 is 2.29 bits per heavy atom. The van der Waals surface area contributed by atoms with Gasteiger partial charge in [-0.25, -0.2) is 4.98 Å².